The Morgan fingerprint density at radius 2 is 1.41 bits per heavy atom. The lowest BCUT2D eigenvalue weighted by Gasteiger charge is -2.38. The molecule has 32 heavy (non-hydrogen) atoms. The quantitative estimate of drug-likeness (QED) is 0.256. The van der Waals surface area contributed by atoms with Crippen LogP contribution < -0.4 is 5.32 Å². The van der Waals surface area contributed by atoms with Gasteiger partial charge in [0.25, 0.3) is 0 Å². The summed E-state index contributed by atoms with van der Waals surface area (Å²) in [4.78, 5) is 11.5. The van der Waals surface area contributed by atoms with E-state index in [-0.39, 0.29) is 5.91 Å². The molecule has 1 aromatic carbocycles. The molecule has 0 unspecified atom stereocenters. The maximum atomic E-state index is 11.5. The maximum Gasteiger partial charge on any atom is 0.247 e. The molecule has 3 rings (SSSR count). The number of carbonyl (C=O) groups excluding carboxylic acids is 1. The standard InChI is InChI=1S/C30H47NO/c1-3-5-6-7-8-9-10-11-24-12-14-25(15-13-24)26-16-18-27(19-17-26)28-20-22-29(23-21-28)31-30(32)4-2/h4,20-27H,2-3,5-19H2,1H3,(H,31,32). The molecule has 2 aliphatic rings. The molecular formula is C30H47NO. The van der Waals surface area contributed by atoms with Gasteiger partial charge >= 0.3 is 0 Å². The molecule has 1 amide bonds. The van der Waals surface area contributed by atoms with E-state index in [2.05, 4.69) is 31.0 Å². The zero-order valence-corrected chi connectivity index (χ0v) is 20.6. The van der Waals surface area contributed by atoms with Crippen LogP contribution in [0.3, 0.4) is 0 Å². The van der Waals surface area contributed by atoms with Gasteiger partial charge in [-0.15, -0.1) is 0 Å². The summed E-state index contributed by atoms with van der Waals surface area (Å²) in [5.74, 6) is 3.55. The van der Waals surface area contributed by atoms with Gasteiger partial charge in [-0.3, -0.25) is 4.79 Å². The molecule has 2 saturated carbocycles. The van der Waals surface area contributed by atoms with Crippen molar-refractivity contribution in [2.45, 2.75) is 116 Å². The molecule has 0 radical (unpaired) electrons. The van der Waals surface area contributed by atoms with E-state index in [4.69, 9.17) is 0 Å². The molecule has 0 aromatic heterocycles. The minimum Gasteiger partial charge on any atom is -0.323 e. The molecule has 1 N–H and O–H groups in total. The molecule has 2 nitrogen and oxygen atoms in total. The third-order valence-electron chi connectivity index (χ3n) is 8.38. The van der Waals surface area contributed by atoms with Crippen LogP contribution in [0.15, 0.2) is 36.9 Å². The van der Waals surface area contributed by atoms with E-state index < -0.39 is 0 Å². The second-order valence-corrected chi connectivity index (χ2v) is 10.6. The number of anilines is 1. The van der Waals surface area contributed by atoms with E-state index in [0.717, 1.165) is 23.4 Å². The molecule has 2 aliphatic carbocycles. The minimum absolute atomic E-state index is 0.143. The molecule has 2 fully saturated rings. The third-order valence-corrected chi connectivity index (χ3v) is 8.38. The first-order valence-electron chi connectivity index (χ1n) is 13.7. The van der Waals surface area contributed by atoms with Gasteiger partial charge in [0.15, 0.2) is 0 Å². The summed E-state index contributed by atoms with van der Waals surface area (Å²) >= 11 is 0. The first-order chi connectivity index (χ1) is 15.7. The lowest BCUT2D eigenvalue weighted by molar-refractivity contribution is -0.111. The van der Waals surface area contributed by atoms with Gasteiger partial charge in [0.2, 0.25) is 5.91 Å². The third kappa shape index (κ3) is 8.09. The Hall–Kier alpha value is -1.57. The van der Waals surface area contributed by atoms with Crippen molar-refractivity contribution in [1.29, 1.82) is 0 Å². The number of carbonyl (C=O) groups is 1. The smallest absolute Gasteiger partial charge is 0.247 e. The minimum atomic E-state index is -0.143. The van der Waals surface area contributed by atoms with Crippen molar-refractivity contribution in [3.05, 3.63) is 42.5 Å². The number of nitrogens with one attached hydrogen (secondary N) is 1. The monoisotopic (exact) mass is 437 g/mol. The van der Waals surface area contributed by atoms with Crippen molar-refractivity contribution in [1.82, 2.24) is 0 Å². The molecular weight excluding hydrogens is 390 g/mol. The van der Waals surface area contributed by atoms with Crippen LogP contribution in [0.2, 0.25) is 0 Å². The van der Waals surface area contributed by atoms with Gasteiger partial charge in [-0.05, 0) is 86.0 Å². The topological polar surface area (TPSA) is 29.1 Å². The Kier molecular flexibility index (Phi) is 10.9. The van der Waals surface area contributed by atoms with Gasteiger partial charge in [-0.25, -0.2) is 0 Å². The van der Waals surface area contributed by atoms with Crippen molar-refractivity contribution in [2.75, 3.05) is 5.32 Å². The van der Waals surface area contributed by atoms with Crippen LogP contribution in [0.25, 0.3) is 0 Å². The van der Waals surface area contributed by atoms with Crippen LogP contribution in [0, 0.1) is 17.8 Å². The van der Waals surface area contributed by atoms with Crippen molar-refractivity contribution < 1.29 is 4.79 Å². The van der Waals surface area contributed by atoms with Crippen LogP contribution in [-0.4, -0.2) is 5.91 Å². The average molecular weight is 438 g/mol. The van der Waals surface area contributed by atoms with Crippen molar-refractivity contribution in [2.24, 2.45) is 17.8 Å². The van der Waals surface area contributed by atoms with Gasteiger partial charge in [0, 0.05) is 5.69 Å². The number of benzene rings is 1. The number of hydrogen-bond donors (Lipinski definition) is 1. The Morgan fingerprint density at radius 1 is 0.844 bits per heavy atom. The first-order valence-corrected chi connectivity index (χ1v) is 13.7. The molecule has 2 heteroatoms. The number of unbranched alkanes of at least 4 members (excludes halogenated alkanes) is 6. The summed E-state index contributed by atoms with van der Waals surface area (Å²) in [6.45, 7) is 5.81. The summed E-state index contributed by atoms with van der Waals surface area (Å²) in [7, 11) is 0. The number of rotatable bonds is 12. The number of hydrogen-bond acceptors (Lipinski definition) is 1. The summed E-state index contributed by atoms with van der Waals surface area (Å²) in [6.07, 6.45) is 24.4. The van der Waals surface area contributed by atoms with Crippen LogP contribution in [0.5, 0.6) is 0 Å². The fourth-order valence-corrected chi connectivity index (χ4v) is 6.29. The van der Waals surface area contributed by atoms with E-state index >= 15 is 0 Å². The lowest BCUT2D eigenvalue weighted by atomic mass is 9.68. The van der Waals surface area contributed by atoms with Gasteiger partial charge < -0.3 is 5.32 Å². The maximum absolute atomic E-state index is 11.5. The predicted octanol–water partition coefficient (Wildman–Crippen LogP) is 9.03. The van der Waals surface area contributed by atoms with Crippen molar-refractivity contribution in [3.63, 3.8) is 0 Å². The van der Waals surface area contributed by atoms with E-state index in [1.165, 1.54) is 114 Å². The second kappa shape index (κ2) is 13.9. The highest BCUT2D eigenvalue weighted by molar-refractivity contribution is 5.98. The van der Waals surface area contributed by atoms with Crippen molar-refractivity contribution in [3.8, 4) is 0 Å². The summed E-state index contributed by atoms with van der Waals surface area (Å²) < 4.78 is 0. The van der Waals surface area contributed by atoms with E-state index in [9.17, 15) is 4.79 Å². The van der Waals surface area contributed by atoms with Gasteiger partial charge in [-0.2, -0.15) is 0 Å². The largest absolute Gasteiger partial charge is 0.323 e. The van der Waals surface area contributed by atoms with E-state index in [1.807, 2.05) is 12.1 Å². The summed E-state index contributed by atoms with van der Waals surface area (Å²) in [5.41, 5.74) is 2.30. The normalized spacial score (nSPS) is 25.9. The Bertz CT molecular complexity index is 663. The molecule has 1 aromatic rings. The van der Waals surface area contributed by atoms with Crippen LogP contribution in [-0.2, 0) is 4.79 Å². The SMILES string of the molecule is C=CC(=O)Nc1ccc(C2CCC(C3CCC(CCCCCCCCC)CC3)CC2)cc1. The Balaban J connectivity index is 1.30. The van der Waals surface area contributed by atoms with Crippen LogP contribution in [0.4, 0.5) is 5.69 Å². The summed E-state index contributed by atoms with van der Waals surface area (Å²) in [6, 6.07) is 8.49. The van der Waals surface area contributed by atoms with E-state index in [0.29, 0.717) is 5.92 Å². The fourth-order valence-electron chi connectivity index (χ4n) is 6.29. The molecule has 0 bridgehead atoms. The zero-order chi connectivity index (χ0) is 22.6. The fraction of sp³-hybridized carbons (Fsp3) is 0.700. The second-order valence-electron chi connectivity index (χ2n) is 10.6. The van der Waals surface area contributed by atoms with Crippen LogP contribution >= 0.6 is 0 Å². The zero-order valence-electron chi connectivity index (χ0n) is 20.6. The molecule has 0 aliphatic heterocycles. The van der Waals surface area contributed by atoms with Crippen molar-refractivity contribution >= 4 is 11.6 Å². The number of amides is 1. The van der Waals surface area contributed by atoms with Gasteiger partial charge in [-0.1, -0.05) is 89.8 Å². The highest BCUT2D eigenvalue weighted by Gasteiger charge is 2.31. The molecule has 178 valence electrons. The average Bonchev–Trinajstić information content (AvgIpc) is 2.84. The molecule has 0 saturated heterocycles. The lowest BCUT2D eigenvalue weighted by Crippen LogP contribution is -2.25. The summed E-state index contributed by atoms with van der Waals surface area (Å²) in [5, 5.41) is 2.84. The van der Waals surface area contributed by atoms with Gasteiger partial charge in [0.05, 0.1) is 0 Å². The predicted molar refractivity (Wildman–Crippen MR) is 138 cm³/mol. The van der Waals surface area contributed by atoms with E-state index in [1.54, 1.807) is 0 Å². The van der Waals surface area contributed by atoms with Crippen LogP contribution in [0.1, 0.15) is 121 Å². The molecule has 0 heterocycles. The Morgan fingerprint density at radius 3 is 2.00 bits per heavy atom. The Labute approximate surface area is 197 Å². The highest BCUT2D eigenvalue weighted by Crippen LogP contribution is 2.44. The molecule has 0 spiro atoms. The molecule has 0 atom stereocenters. The highest BCUT2D eigenvalue weighted by atomic mass is 16.1. The first kappa shape index (κ1) is 25.1. The van der Waals surface area contributed by atoms with Gasteiger partial charge in [0.1, 0.15) is 0 Å².